The Kier molecular flexibility index (Phi) is 4.75. The molecular weight excluding hydrogens is 342 g/mol. The normalized spacial score (nSPS) is 15.1. The maximum Gasteiger partial charge on any atom is 0.275 e. The molecule has 1 aliphatic carbocycles. The number of carbonyl (C=O) groups excluding carboxylic acids is 1. The molecule has 0 unspecified atom stereocenters. The predicted molar refractivity (Wildman–Crippen MR) is 103 cm³/mol. The highest BCUT2D eigenvalue weighted by molar-refractivity contribution is 5.90. The number of benzene rings is 1. The molecule has 0 atom stereocenters. The molecule has 1 saturated carbocycles. The van der Waals surface area contributed by atoms with Crippen LogP contribution in [0.1, 0.15) is 49.5 Å². The molecule has 1 aliphatic rings. The molecule has 0 bridgehead atoms. The highest BCUT2D eigenvalue weighted by atomic mass is 16.2. The Morgan fingerprint density at radius 1 is 1.19 bits per heavy atom. The summed E-state index contributed by atoms with van der Waals surface area (Å²) in [7, 11) is 0. The van der Waals surface area contributed by atoms with Gasteiger partial charge in [0.2, 0.25) is 11.7 Å². The molecule has 1 aromatic carbocycles. The van der Waals surface area contributed by atoms with E-state index in [2.05, 4.69) is 15.4 Å². The fourth-order valence-electron chi connectivity index (χ4n) is 3.71. The molecular formula is C20H23N5O2. The average Bonchev–Trinajstić information content (AvgIpc) is 3.13. The summed E-state index contributed by atoms with van der Waals surface area (Å²) in [6, 6.07) is 10.8. The standard InChI is InChI=1S/C20H23N5O2/c1-14-12-18(27)25-20(22-19(23-25)15-8-4-2-5-9-15)24(14)13-17(26)21-16-10-6-3-7-11-16/h3,6-7,10-12,15H,2,4-5,8-9,13H2,1H3,(H,21,26). The van der Waals surface area contributed by atoms with E-state index in [9.17, 15) is 9.59 Å². The highest BCUT2D eigenvalue weighted by Gasteiger charge is 2.22. The summed E-state index contributed by atoms with van der Waals surface area (Å²) in [5.41, 5.74) is 1.22. The molecule has 1 fully saturated rings. The molecule has 27 heavy (non-hydrogen) atoms. The zero-order valence-corrected chi connectivity index (χ0v) is 15.4. The first-order valence-corrected chi connectivity index (χ1v) is 9.44. The fraction of sp³-hybridized carbons (Fsp3) is 0.400. The minimum absolute atomic E-state index is 0.0767. The molecule has 0 radical (unpaired) electrons. The topological polar surface area (TPSA) is 81.3 Å². The fourth-order valence-corrected chi connectivity index (χ4v) is 3.71. The molecule has 7 heteroatoms. The minimum atomic E-state index is -0.211. The number of fused-ring (bicyclic) bond motifs is 1. The van der Waals surface area contributed by atoms with Crippen molar-refractivity contribution in [3.8, 4) is 0 Å². The molecule has 3 aromatic rings. The largest absolute Gasteiger partial charge is 0.325 e. The van der Waals surface area contributed by atoms with Gasteiger partial charge in [-0.05, 0) is 31.9 Å². The van der Waals surface area contributed by atoms with Crippen LogP contribution in [-0.4, -0.2) is 25.1 Å². The van der Waals surface area contributed by atoms with Crippen LogP contribution in [0, 0.1) is 6.92 Å². The van der Waals surface area contributed by atoms with Crippen molar-refractivity contribution < 1.29 is 4.79 Å². The molecule has 4 rings (SSSR count). The summed E-state index contributed by atoms with van der Waals surface area (Å²) in [5.74, 6) is 1.28. The summed E-state index contributed by atoms with van der Waals surface area (Å²) in [4.78, 5) is 29.5. The first kappa shape index (κ1) is 17.5. The van der Waals surface area contributed by atoms with Crippen molar-refractivity contribution in [1.82, 2.24) is 19.2 Å². The number of aromatic nitrogens is 4. The van der Waals surface area contributed by atoms with Crippen LogP contribution in [0.15, 0.2) is 41.2 Å². The minimum Gasteiger partial charge on any atom is -0.325 e. The van der Waals surface area contributed by atoms with Crippen molar-refractivity contribution in [2.24, 2.45) is 0 Å². The van der Waals surface area contributed by atoms with Gasteiger partial charge in [-0.1, -0.05) is 37.5 Å². The van der Waals surface area contributed by atoms with Crippen LogP contribution in [0.5, 0.6) is 0 Å². The van der Waals surface area contributed by atoms with E-state index in [1.807, 2.05) is 37.3 Å². The maximum absolute atomic E-state index is 12.5. The zero-order chi connectivity index (χ0) is 18.8. The molecule has 1 N–H and O–H groups in total. The lowest BCUT2D eigenvalue weighted by molar-refractivity contribution is -0.116. The van der Waals surface area contributed by atoms with Crippen molar-refractivity contribution in [2.75, 3.05) is 5.32 Å². The Morgan fingerprint density at radius 3 is 2.67 bits per heavy atom. The van der Waals surface area contributed by atoms with Gasteiger partial charge in [0, 0.05) is 23.4 Å². The molecule has 2 heterocycles. The number of amides is 1. The van der Waals surface area contributed by atoms with E-state index < -0.39 is 0 Å². The van der Waals surface area contributed by atoms with Gasteiger partial charge in [-0.2, -0.15) is 9.50 Å². The molecule has 2 aromatic heterocycles. The SMILES string of the molecule is Cc1cc(=O)n2nc(C3CCCCC3)nc2n1CC(=O)Nc1ccccc1. The van der Waals surface area contributed by atoms with Gasteiger partial charge in [-0.25, -0.2) is 0 Å². The van der Waals surface area contributed by atoms with E-state index in [0.717, 1.165) is 24.4 Å². The van der Waals surface area contributed by atoms with Gasteiger partial charge in [0.1, 0.15) is 6.54 Å². The van der Waals surface area contributed by atoms with E-state index in [1.54, 1.807) is 4.57 Å². The van der Waals surface area contributed by atoms with Crippen LogP contribution in [0.4, 0.5) is 5.69 Å². The smallest absolute Gasteiger partial charge is 0.275 e. The second-order valence-corrected chi connectivity index (χ2v) is 7.14. The van der Waals surface area contributed by atoms with Crippen molar-refractivity contribution in [3.05, 3.63) is 58.3 Å². The highest BCUT2D eigenvalue weighted by Crippen LogP contribution is 2.30. The first-order chi connectivity index (χ1) is 13.1. The first-order valence-electron chi connectivity index (χ1n) is 9.44. The lowest BCUT2D eigenvalue weighted by Crippen LogP contribution is -2.25. The predicted octanol–water partition coefficient (Wildman–Crippen LogP) is 2.89. The molecule has 0 aliphatic heterocycles. The summed E-state index contributed by atoms with van der Waals surface area (Å²) >= 11 is 0. The quantitative estimate of drug-likeness (QED) is 0.771. The molecule has 0 saturated heterocycles. The zero-order valence-electron chi connectivity index (χ0n) is 15.4. The van der Waals surface area contributed by atoms with Gasteiger partial charge < -0.3 is 9.88 Å². The van der Waals surface area contributed by atoms with Gasteiger partial charge in [-0.15, -0.1) is 5.10 Å². The molecule has 7 nitrogen and oxygen atoms in total. The summed E-state index contributed by atoms with van der Waals surface area (Å²) in [6.07, 6.45) is 5.69. The summed E-state index contributed by atoms with van der Waals surface area (Å²) in [6.45, 7) is 1.89. The number of aryl methyl sites for hydroxylation is 1. The summed E-state index contributed by atoms with van der Waals surface area (Å²) in [5, 5.41) is 7.34. The Labute approximate surface area is 157 Å². The Bertz CT molecular complexity index is 1020. The number of hydrogen-bond donors (Lipinski definition) is 1. The third kappa shape index (κ3) is 3.63. The molecule has 1 amide bonds. The van der Waals surface area contributed by atoms with Crippen LogP contribution < -0.4 is 10.9 Å². The van der Waals surface area contributed by atoms with Crippen molar-refractivity contribution in [1.29, 1.82) is 0 Å². The van der Waals surface area contributed by atoms with Crippen LogP contribution in [0.2, 0.25) is 0 Å². The van der Waals surface area contributed by atoms with Crippen LogP contribution in [-0.2, 0) is 11.3 Å². The monoisotopic (exact) mass is 365 g/mol. The Balaban J connectivity index is 1.66. The number of rotatable bonds is 4. The number of nitrogens with one attached hydrogen (secondary N) is 1. The van der Waals surface area contributed by atoms with E-state index in [-0.39, 0.29) is 18.0 Å². The van der Waals surface area contributed by atoms with E-state index in [0.29, 0.717) is 17.4 Å². The summed E-state index contributed by atoms with van der Waals surface area (Å²) < 4.78 is 3.08. The van der Waals surface area contributed by atoms with Crippen LogP contribution >= 0.6 is 0 Å². The van der Waals surface area contributed by atoms with Crippen molar-refractivity contribution in [2.45, 2.75) is 51.5 Å². The number of para-hydroxylation sites is 1. The Hall–Kier alpha value is -2.96. The van der Waals surface area contributed by atoms with Crippen LogP contribution in [0.25, 0.3) is 5.78 Å². The van der Waals surface area contributed by atoms with E-state index in [1.165, 1.54) is 29.8 Å². The van der Waals surface area contributed by atoms with E-state index >= 15 is 0 Å². The van der Waals surface area contributed by atoms with Gasteiger partial charge in [-0.3, -0.25) is 9.59 Å². The number of anilines is 1. The van der Waals surface area contributed by atoms with E-state index in [4.69, 9.17) is 0 Å². The number of hydrogen-bond acceptors (Lipinski definition) is 4. The number of carbonyl (C=O) groups is 1. The Morgan fingerprint density at radius 2 is 1.93 bits per heavy atom. The van der Waals surface area contributed by atoms with Crippen molar-refractivity contribution in [3.63, 3.8) is 0 Å². The van der Waals surface area contributed by atoms with Gasteiger partial charge in [0.05, 0.1) is 0 Å². The van der Waals surface area contributed by atoms with Gasteiger partial charge in [0.25, 0.3) is 5.56 Å². The third-order valence-corrected chi connectivity index (χ3v) is 5.14. The van der Waals surface area contributed by atoms with Crippen LogP contribution in [0.3, 0.4) is 0 Å². The van der Waals surface area contributed by atoms with Crippen molar-refractivity contribution >= 4 is 17.4 Å². The number of nitrogens with zero attached hydrogens (tertiary/aromatic N) is 4. The second-order valence-electron chi connectivity index (χ2n) is 7.14. The second kappa shape index (κ2) is 7.34. The third-order valence-electron chi connectivity index (χ3n) is 5.14. The average molecular weight is 365 g/mol. The lowest BCUT2D eigenvalue weighted by atomic mass is 9.89. The maximum atomic E-state index is 12.5. The molecule has 140 valence electrons. The molecule has 0 spiro atoms. The van der Waals surface area contributed by atoms with Gasteiger partial charge >= 0.3 is 0 Å². The lowest BCUT2D eigenvalue weighted by Gasteiger charge is -2.17. The van der Waals surface area contributed by atoms with Gasteiger partial charge in [0.15, 0.2) is 5.82 Å².